The van der Waals surface area contributed by atoms with Gasteiger partial charge in [0.1, 0.15) is 5.69 Å². The third kappa shape index (κ3) is 5.85. The van der Waals surface area contributed by atoms with Gasteiger partial charge >= 0.3 is 0 Å². The first-order valence-electron chi connectivity index (χ1n) is 10.8. The summed E-state index contributed by atoms with van der Waals surface area (Å²) in [4.78, 5) is 14.5. The van der Waals surface area contributed by atoms with E-state index in [0.717, 1.165) is 17.7 Å². The van der Waals surface area contributed by atoms with Crippen molar-refractivity contribution in [3.63, 3.8) is 0 Å². The molecule has 1 saturated heterocycles. The normalized spacial score (nSPS) is 16.2. The number of piperidine rings is 1. The van der Waals surface area contributed by atoms with Crippen LogP contribution in [-0.4, -0.2) is 69.0 Å². The number of hydrogen-bond acceptors (Lipinski definition) is 6. The van der Waals surface area contributed by atoms with Crippen LogP contribution in [0, 0.1) is 19.8 Å². The molecule has 0 atom stereocenters. The highest BCUT2D eigenvalue weighted by molar-refractivity contribution is 7.89. The first-order chi connectivity index (χ1) is 15.2. The number of aryl methyl sites for hydroxylation is 2. The van der Waals surface area contributed by atoms with Gasteiger partial charge in [-0.15, -0.1) is 0 Å². The van der Waals surface area contributed by atoms with Crippen molar-refractivity contribution in [2.45, 2.75) is 31.6 Å². The van der Waals surface area contributed by atoms with Gasteiger partial charge in [0.05, 0.1) is 0 Å². The smallest absolute Gasteiger partial charge is 0.248 e. The second-order valence-electron chi connectivity index (χ2n) is 8.48. The molecule has 0 saturated carbocycles. The van der Waals surface area contributed by atoms with E-state index in [-0.39, 0.29) is 22.5 Å². The van der Waals surface area contributed by atoms with Crippen LogP contribution in [0.5, 0.6) is 0 Å². The van der Waals surface area contributed by atoms with E-state index in [2.05, 4.69) is 10.5 Å². The van der Waals surface area contributed by atoms with Crippen molar-refractivity contribution in [3.8, 4) is 0 Å². The van der Waals surface area contributed by atoms with E-state index < -0.39 is 10.0 Å². The van der Waals surface area contributed by atoms with Crippen LogP contribution in [0.1, 0.15) is 35.4 Å². The van der Waals surface area contributed by atoms with Crippen molar-refractivity contribution in [1.29, 1.82) is 0 Å². The summed E-state index contributed by atoms with van der Waals surface area (Å²) >= 11 is 0. The van der Waals surface area contributed by atoms with Crippen LogP contribution in [0.15, 0.2) is 33.7 Å². The molecule has 0 bridgehead atoms. The van der Waals surface area contributed by atoms with Crippen molar-refractivity contribution in [2.24, 2.45) is 5.92 Å². The van der Waals surface area contributed by atoms with Crippen LogP contribution in [0.25, 0.3) is 12.2 Å². The lowest BCUT2D eigenvalue weighted by atomic mass is 9.97. The van der Waals surface area contributed by atoms with Gasteiger partial charge in [0, 0.05) is 32.1 Å². The van der Waals surface area contributed by atoms with E-state index in [1.54, 1.807) is 13.0 Å². The van der Waals surface area contributed by atoms with Gasteiger partial charge in [-0.3, -0.25) is 4.79 Å². The Bertz CT molecular complexity index is 1050. The second-order valence-corrected chi connectivity index (χ2v) is 10.4. The SMILES string of the molecule is Cc1ccc(/C=C/c2onc(C)c2S(=O)(=O)N2CCC(C(=O)NCCN(C)C)CC2)cc1. The number of nitrogens with one attached hydrogen (secondary N) is 1. The Balaban J connectivity index is 1.68. The number of aromatic nitrogens is 1. The highest BCUT2D eigenvalue weighted by Gasteiger charge is 2.35. The number of sulfonamides is 1. The highest BCUT2D eigenvalue weighted by Crippen LogP contribution is 2.29. The molecular weight excluding hydrogens is 428 g/mol. The van der Waals surface area contributed by atoms with Gasteiger partial charge in [0.2, 0.25) is 15.9 Å². The van der Waals surface area contributed by atoms with Gasteiger partial charge in [0.15, 0.2) is 10.7 Å². The molecule has 1 aromatic carbocycles. The summed E-state index contributed by atoms with van der Waals surface area (Å²) in [6.07, 6.45) is 4.43. The topological polar surface area (TPSA) is 95.8 Å². The van der Waals surface area contributed by atoms with E-state index in [9.17, 15) is 13.2 Å². The number of likely N-dealkylation sites (N-methyl/N-ethyl adjacent to an activating group) is 1. The predicted molar refractivity (Wildman–Crippen MR) is 124 cm³/mol. The molecule has 2 heterocycles. The molecule has 1 fully saturated rings. The fourth-order valence-electron chi connectivity index (χ4n) is 3.68. The molecule has 9 heteroatoms. The number of nitrogens with zero attached hydrogens (tertiary/aromatic N) is 3. The summed E-state index contributed by atoms with van der Waals surface area (Å²) in [6, 6.07) is 7.89. The number of rotatable bonds is 8. The first-order valence-corrected chi connectivity index (χ1v) is 12.3. The predicted octanol–water partition coefficient (Wildman–Crippen LogP) is 2.54. The third-order valence-electron chi connectivity index (χ3n) is 5.62. The number of hydrogen-bond donors (Lipinski definition) is 1. The summed E-state index contributed by atoms with van der Waals surface area (Å²) in [5.41, 5.74) is 2.42. The number of carbonyl (C=O) groups is 1. The quantitative estimate of drug-likeness (QED) is 0.650. The Morgan fingerprint density at radius 2 is 1.84 bits per heavy atom. The van der Waals surface area contributed by atoms with E-state index in [0.29, 0.717) is 38.2 Å². The maximum absolute atomic E-state index is 13.4. The molecule has 1 aliphatic rings. The average Bonchev–Trinajstić information content (AvgIpc) is 3.14. The molecule has 0 spiro atoms. The van der Waals surface area contributed by atoms with Crippen molar-refractivity contribution in [3.05, 3.63) is 46.8 Å². The lowest BCUT2D eigenvalue weighted by molar-refractivity contribution is -0.126. The van der Waals surface area contributed by atoms with E-state index in [4.69, 9.17) is 4.52 Å². The molecule has 0 radical (unpaired) electrons. The molecule has 8 nitrogen and oxygen atoms in total. The van der Waals surface area contributed by atoms with Gasteiger partial charge in [0.25, 0.3) is 0 Å². The maximum atomic E-state index is 13.4. The first kappa shape index (κ1) is 24.2. The number of carbonyl (C=O) groups excluding carboxylic acids is 1. The van der Waals surface area contributed by atoms with Crippen LogP contribution < -0.4 is 5.32 Å². The van der Waals surface area contributed by atoms with Crippen molar-refractivity contribution in [1.82, 2.24) is 19.7 Å². The van der Waals surface area contributed by atoms with E-state index in [1.165, 1.54) is 4.31 Å². The molecule has 3 rings (SSSR count). The van der Waals surface area contributed by atoms with E-state index in [1.807, 2.05) is 56.3 Å². The summed E-state index contributed by atoms with van der Waals surface area (Å²) < 4.78 is 33.5. The molecule has 1 aromatic heterocycles. The van der Waals surface area contributed by atoms with Crippen LogP contribution in [-0.2, 0) is 14.8 Å². The summed E-state index contributed by atoms with van der Waals surface area (Å²) in [7, 11) is 0.121. The summed E-state index contributed by atoms with van der Waals surface area (Å²) in [6.45, 7) is 5.57. The molecule has 1 amide bonds. The molecular formula is C23H32N4O4S. The summed E-state index contributed by atoms with van der Waals surface area (Å²) in [5.74, 6) is 0.0338. The Morgan fingerprint density at radius 1 is 1.19 bits per heavy atom. The van der Waals surface area contributed by atoms with Crippen molar-refractivity contribution >= 4 is 28.1 Å². The Hall–Kier alpha value is -2.49. The van der Waals surface area contributed by atoms with E-state index >= 15 is 0 Å². The van der Waals surface area contributed by atoms with Gasteiger partial charge in [-0.25, -0.2) is 8.42 Å². The van der Waals surface area contributed by atoms with Crippen LogP contribution >= 0.6 is 0 Å². The van der Waals surface area contributed by atoms with Crippen LogP contribution in [0.2, 0.25) is 0 Å². The largest absolute Gasteiger partial charge is 0.355 e. The molecule has 0 unspecified atom stereocenters. The maximum Gasteiger partial charge on any atom is 0.248 e. The average molecular weight is 461 g/mol. The minimum atomic E-state index is -3.78. The Labute approximate surface area is 190 Å². The standard InChI is InChI=1S/C23H32N4O4S/c1-17-5-7-19(8-6-17)9-10-21-22(18(2)25-31-21)32(29,30)27-14-11-20(12-15-27)23(28)24-13-16-26(3)4/h5-10,20H,11-16H2,1-4H3,(H,24,28)/b10-9+. The minimum absolute atomic E-state index is 0.00761. The second kappa shape index (κ2) is 10.4. The fourth-order valence-corrected chi connectivity index (χ4v) is 5.40. The molecule has 174 valence electrons. The lowest BCUT2D eigenvalue weighted by Crippen LogP contribution is -2.44. The van der Waals surface area contributed by atoms with Crippen LogP contribution in [0.4, 0.5) is 0 Å². The van der Waals surface area contributed by atoms with Crippen LogP contribution in [0.3, 0.4) is 0 Å². The molecule has 2 aromatic rings. The zero-order chi connectivity index (χ0) is 23.3. The van der Waals surface area contributed by atoms with Gasteiger partial charge in [-0.2, -0.15) is 4.31 Å². The summed E-state index contributed by atoms with van der Waals surface area (Å²) in [5, 5.41) is 6.83. The number of amides is 1. The molecule has 1 aliphatic heterocycles. The Kier molecular flexibility index (Phi) is 7.86. The van der Waals surface area contributed by atoms with Gasteiger partial charge in [-0.05, 0) is 52.4 Å². The lowest BCUT2D eigenvalue weighted by Gasteiger charge is -2.30. The molecule has 0 aliphatic carbocycles. The molecule has 1 N–H and O–H groups in total. The van der Waals surface area contributed by atoms with Gasteiger partial charge < -0.3 is 14.7 Å². The highest BCUT2D eigenvalue weighted by atomic mass is 32.2. The zero-order valence-corrected chi connectivity index (χ0v) is 20.0. The monoisotopic (exact) mass is 460 g/mol. The third-order valence-corrected chi connectivity index (χ3v) is 7.68. The zero-order valence-electron chi connectivity index (χ0n) is 19.2. The minimum Gasteiger partial charge on any atom is -0.355 e. The Morgan fingerprint density at radius 3 is 2.47 bits per heavy atom. The molecule has 32 heavy (non-hydrogen) atoms. The number of benzene rings is 1. The van der Waals surface area contributed by atoms with Crippen molar-refractivity contribution in [2.75, 3.05) is 40.3 Å². The van der Waals surface area contributed by atoms with Crippen molar-refractivity contribution < 1.29 is 17.7 Å². The fraction of sp³-hybridized carbons (Fsp3) is 0.478. The van der Waals surface area contributed by atoms with Gasteiger partial charge in [-0.1, -0.05) is 41.1 Å².